The Kier molecular flexibility index (Phi) is 6.83. The van der Waals surface area contributed by atoms with Gasteiger partial charge in [-0.1, -0.05) is 12.1 Å². The zero-order valence-corrected chi connectivity index (χ0v) is 19.2. The lowest BCUT2D eigenvalue weighted by atomic mass is 10.2. The van der Waals surface area contributed by atoms with Crippen molar-refractivity contribution >= 4 is 37.5 Å². The van der Waals surface area contributed by atoms with Gasteiger partial charge in [-0.3, -0.25) is 0 Å². The van der Waals surface area contributed by atoms with Gasteiger partial charge in [0.15, 0.2) is 5.03 Å². The molecule has 3 heterocycles. The van der Waals surface area contributed by atoms with E-state index in [0.29, 0.717) is 36.5 Å². The fourth-order valence-corrected chi connectivity index (χ4v) is 5.25. The summed E-state index contributed by atoms with van der Waals surface area (Å²) in [5.41, 5.74) is 1.24. The summed E-state index contributed by atoms with van der Waals surface area (Å²) in [5.74, 6) is 0.833. The molecule has 1 aliphatic rings. The Morgan fingerprint density at radius 1 is 1.06 bits per heavy atom. The highest BCUT2D eigenvalue weighted by Gasteiger charge is 2.17. The average Bonchev–Trinajstić information content (AvgIpc) is 2.81. The molecular formula is C20H23N7O4S2. The van der Waals surface area contributed by atoms with Crippen LogP contribution < -0.4 is 20.1 Å². The summed E-state index contributed by atoms with van der Waals surface area (Å²) in [6.07, 6.45) is 3.91. The van der Waals surface area contributed by atoms with Crippen LogP contribution in [0.2, 0.25) is 0 Å². The van der Waals surface area contributed by atoms with Gasteiger partial charge in [0.05, 0.1) is 4.90 Å². The zero-order valence-electron chi connectivity index (χ0n) is 17.5. The molecule has 4 rings (SSSR count). The lowest BCUT2D eigenvalue weighted by Gasteiger charge is -2.13. The van der Waals surface area contributed by atoms with Crippen molar-refractivity contribution in [1.82, 2.24) is 24.4 Å². The molecule has 4 N–H and O–H groups in total. The first-order chi connectivity index (χ1) is 15.8. The fourth-order valence-electron chi connectivity index (χ4n) is 3.16. The molecule has 0 spiro atoms. The SMILES string of the molecule is O=S1(=O)NCCCNc2nc(ncc2CCNS(=O)(=O)c2ccccn2)Nc2cccc1c2. The number of hydrogen-bond acceptors (Lipinski definition) is 9. The molecule has 2 aromatic heterocycles. The molecule has 3 aromatic rings. The lowest BCUT2D eigenvalue weighted by molar-refractivity contribution is 0.576. The minimum Gasteiger partial charge on any atom is -0.370 e. The van der Waals surface area contributed by atoms with Crippen LogP contribution >= 0.6 is 0 Å². The number of fused-ring (bicyclic) bond motifs is 4. The summed E-state index contributed by atoms with van der Waals surface area (Å²) >= 11 is 0. The maximum absolute atomic E-state index is 12.5. The summed E-state index contributed by atoms with van der Waals surface area (Å²) in [7, 11) is -7.34. The molecule has 0 atom stereocenters. The van der Waals surface area contributed by atoms with Crippen LogP contribution in [0.1, 0.15) is 12.0 Å². The van der Waals surface area contributed by atoms with E-state index in [1.54, 1.807) is 30.5 Å². The predicted octanol–water partition coefficient (Wildman–Crippen LogP) is 1.23. The van der Waals surface area contributed by atoms with E-state index in [-0.39, 0.29) is 29.0 Å². The van der Waals surface area contributed by atoms with Gasteiger partial charge in [0.1, 0.15) is 5.82 Å². The molecule has 11 nitrogen and oxygen atoms in total. The molecule has 0 unspecified atom stereocenters. The minimum absolute atomic E-state index is 0.0469. The number of benzene rings is 1. The van der Waals surface area contributed by atoms with E-state index in [1.807, 2.05) is 0 Å². The van der Waals surface area contributed by atoms with Gasteiger partial charge < -0.3 is 10.6 Å². The van der Waals surface area contributed by atoms with Crippen molar-refractivity contribution in [1.29, 1.82) is 0 Å². The van der Waals surface area contributed by atoms with Crippen LogP contribution in [0.15, 0.2) is 64.8 Å². The normalized spacial score (nSPS) is 15.8. The largest absolute Gasteiger partial charge is 0.370 e. The highest BCUT2D eigenvalue weighted by molar-refractivity contribution is 7.89. The second-order valence-electron chi connectivity index (χ2n) is 7.21. The Morgan fingerprint density at radius 3 is 2.76 bits per heavy atom. The summed E-state index contributed by atoms with van der Waals surface area (Å²) < 4.78 is 54.8. The Bertz CT molecular complexity index is 1330. The van der Waals surface area contributed by atoms with Crippen molar-refractivity contribution in [2.24, 2.45) is 0 Å². The van der Waals surface area contributed by atoms with Crippen LogP contribution in [0.25, 0.3) is 0 Å². The van der Waals surface area contributed by atoms with E-state index in [0.717, 1.165) is 0 Å². The Hall–Kier alpha value is -3.13. The molecule has 1 aliphatic heterocycles. The first-order valence-corrected chi connectivity index (χ1v) is 13.2. The maximum Gasteiger partial charge on any atom is 0.258 e. The van der Waals surface area contributed by atoms with Gasteiger partial charge in [-0.15, -0.1) is 0 Å². The number of rotatable bonds is 5. The summed E-state index contributed by atoms with van der Waals surface area (Å²) in [6, 6.07) is 11.1. The van der Waals surface area contributed by atoms with E-state index in [1.165, 1.54) is 24.4 Å². The van der Waals surface area contributed by atoms with E-state index >= 15 is 0 Å². The van der Waals surface area contributed by atoms with Gasteiger partial charge in [-0.05, 0) is 43.2 Å². The van der Waals surface area contributed by atoms with Crippen molar-refractivity contribution < 1.29 is 16.8 Å². The number of aromatic nitrogens is 3. The second-order valence-corrected chi connectivity index (χ2v) is 10.7. The average molecular weight is 490 g/mol. The Morgan fingerprint density at radius 2 is 1.94 bits per heavy atom. The first-order valence-electron chi connectivity index (χ1n) is 10.2. The topological polar surface area (TPSA) is 155 Å². The highest BCUT2D eigenvalue weighted by atomic mass is 32.2. The van der Waals surface area contributed by atoms with Crippen molar-refractivity contribution in [3.63, 3.8) is 0 Å². The number of hydrogen-bond donors (Lipinski definition) is 4. The molecular weight excluding hydrogens is 466 g/mol. The smallest absolute Gasteiger partial charge is 0.258 e. The summed E-state index contributed by atoms with van der Waals surface area (Å²) in [4.78, 5) is 12.8. The molecule has 0 fully saturated rings. The molecule has 0 amide bonds. The molecule has 0 saturated heterocycles. The molecule has 1 aromatic carbocycles. The highest BCUT2D eigenvalue weighted by Crippen LogP contribution is 2.21. The quantitative estimate of drug-likeness (QED) is 0.414. The van der Waals surface area contributed by atoms with Crippen molar-refractivity contribution in [2.75, 3.05) is 30.3 Å². The van der Waals surface area contributed by atoms with Crippen LogP contribution in [0, 0.1) is 0 Å². The Labute approximate surface area is 192 Å². The van der Waals surface area contributed by atoms with Crippen molar-refractivity contribution in [3.05, 3.63) is 60.4 Å². The third-order valence-corrected chi connectivity index (χ3v) is 7.64. The van der Waals surface area contributed by atoms with Crippen LogP contribution in [0.4, 0.5) is 17.5 Å². The molecule has 13 heteroatoms. The van der Waals surface area contributed by atoms with E-state index in [2.05, 4.69) is 35.0 Å². The van der Waals surface area contributed by atoms with Gasteiger partial charge in [0.25, 0.3) is 10.0 Å². The molecule has 0 saturated carbocycles. The van der Waals surface area contributed by atoms with E-state index < -0.39 is 20.0 Å². The number of anilines is 3. The molecule has 174 valence electrons. The fraction of sp³-hybridized carbons (Fsp3) is 0.250. The molecule has 4 bridgehead atoms. The predicted molar refractivity (Wildman–Crippen MR) is 123 cm³/mol. The molecule has 0 radical (unpaired) electrons. The third-order valence-electron chi connectivity index (χ3n) is 4.80. The molecule has 0 aliphatic carbocycles. The summed E-state index contributed by atoms with van der Waals surface area (Å²) in [6.45, 7) is 0.846. The number of nitrogens with zero attached hydrogens (tertiary/aromatic N) is 3. The van der Waals surface area contributed by atoms with Crippen LogP contribution in [-0.2, 0) is 26.5 Å². The van der Waals surface area contributed by atoms with E-state index in [9.17, 15) is 16.8 Å². The maximum atomic E-state index is 12.5. The van der Waals surface area contributed by atoms with Crippen LogP contribution in [-0.4, -0.2) is 51.4 Å². The van der Waals surface area contributed by atoms with Gasteiger partial charge in [0, 0.05) is 43.3 Å². The first kappa shape index (κ1) is 23.0. The summed E-state index contributed by atoms with van der Waals surface area (Å²) in [5, 5.41) is 6.16. The third kappa shape index (κ3) is 5.82. The number of nitrogens with one attached hydrogen (secondary N) is 4. The standard InChI is InChI=1S/C20H23N7O4S2/c28-32(29)17-6-3-5-16(13-17)26-20-23-14-15(19(27-20)22-10-4-11-24-32)8-12-25-33(30,31)18-7-1-2-9-21-18/h1-3,5-7,9,13-14,24-25H,4,8,10-12H2,(H2,22,23,26,27). The van der Waals surface area contributed by atoms with Gasteiger partial charge in [0.2, 0.25) is 16.0 Å². The monoisotopic (exact) mass is 489 g/mol. The van der Waals surface area contributed by atoms with Crippen molar-refractivity contribution in [3.8, 4) is 0 Å². The van der Waals surface area contributed by atoms with Gasteiger partial charge in [-0.2, -0.15) is 4.98 Å². The van der Waals surface area contributed by atoms with E-state index in [4.69, 9.17) is 0 Å². The van der Waals surface area contributed by atoms with Gasteiger partial charge in [-0.25, -0.2) is 36.2 Å². The lowest BCUT2D eigenvalue weighted by Crippen LogP contribution is -2.27. The minimum atomic E-state index is -3.72. The van der Waals surface area contributed by atoms with Gasteiger partial charge >= 0.3 is 0 Å². The zero-order chi connectivity index (χ0) is 23.3. The van der Waals surface area contributed by atoms with Crippen molar-refractivity contribution in [2.45, 2.75) is 22.8 Å². The van der Waals surface area contributed by atoms with Crippen LogP contribution in [0.5, 0.6) is 0 Å². The second kappa shape index (κ2) is 9.79. The Balaban J connectivity index is 1.52. The number of sulfonamides is 2. The van der Waals surface area contributed by atoms with Crippen LogP contribution in [0.3, 0.4) is 0 Å². The number of pyridine rings is 1. The molecule has 33 heavy (non-hydrogen) atoms.